The Hall–Kier alpha value is -4.08. The van der Waals surface area contributed by atoms with Crippen molar-refractivity contribution in [1.29, 1.82) is 0 Å². The highest BCUT2D eigenvalue weighted by Gasteiger charge is 2.44. The number of likely N-dealkylation sites (tertiary alicyclic amines) is 1. The molecule has 1 aliphatic rings. The summed E-state index contributed by atoms with van der Waals surface area (Å²) in [5.74, 6) is -1.44. The Balaban J connectivity index is 1.40. The first-order chi connectivity index (χ1) is 25.8. The van der Waals surface area contributed by atoms with Gasteiger partial charge >= 0.3 is 6.09 Å². The lowest BCUT2D eigenvalue weighted by Crippen LogP contribution is -2.57. The van der Waals surface area contributed by atoms with Crippen LogP contribution in [-0.4, -0.2) is 94.3 Å². The fourth-order valence-corrected chi connectivity index (χ4v) is 7.06. The maximum Gasteiger partial charge on any atom is 0.407 e. The number of primary amides is 1. The molecule has 0 radical (unpaired) electrons. The zero-order valence-corrected chi connectivity index (χ0v) is 34.4. The van der Waals surface area contributed by atoms with Crippen molar-refractivity contribution in [3.63, 3.8) is 0 Å². The highest BCUT2D eigenvalue weighted by Crippen LogP contribution is 2.28. The number of aromatic nitrogens is 1. The normalized spacial score (nSPS) is 17.0. The highest BCUT2D eigenvalue weighted by molar-refractivity contribution is 7.13. The summed E-state index contributed by atoms with van der Waals surface area (Å²) in [4.78, 5) is 70.6. The molecule has 306 valence electrons. The summed E-state index contributed by atoms with van der Waals surface area (Å²) in [5.41, 5.74) is 8.73. The molecule has 1 aliphatic heterocycles. The molecule has 2 aromatic rings. The average molecular weight is 787 g/mol. The molecule has 0 spiro atoms. The molecule has 2 heterocycles. The number of nitrogens with two attached hydrogens (primary N) is 1. The first kappa shape index (κ1) is 45.3. The zero-order valence-electron chi connectivity index (χ0n) is 33.6. The third kappa shape index (κ3) is 15.9. The number of nitrogens with one attached hydrogen (secondary N) is 3. The van der Waals surface area contributed by atoms with Crippen LogP contribution in [0.5, 0.6) is 0 Å². The second-order valence-corrected chi connectivity index (χ2v) is 17.2. The zero-order chi connectivity index (χ0) is 40.8. The third-order valence-corrected chi connectivity index (χ3v) is 10.2. The number of amides is 5. The predicted molar refractivity (Wildman–Crippen MR) is 212 cm³/mol. The molecule has 55 heavy (non-hydrogen) atoms. The number of hydrogen-bond donors (Lipinski definition) is 5. The summed E-state index contributed by atoms with van der Waals surface area (Å²) in [6.07, 6.45) is 3.43. The molecule has 0 aliphatic carbocycles. The van der Waals surface area contributed by atoms with E-state index in [0.29, 0.717) is 19.4 Å². The van der Waals surface area contributed by atoms with E-state index < -0.39 is 47.2 Å². The SMILES string of the molecule is Cc1ncsc1-c1ccc(CNC(=O)[C@@H]2C[C@@H](O)CN2C(=O)[C@@H](NC(=O)CCCCCCCOC[C@H](CCC(N)=O)NC(=O)OC(C)(C)C)C(C)(C)C)cc1. The first-order valence-corrected chi connectivity index (χ1v) is 20.1. The molecular formula is C40H62N6O8S. The van der Waals surface area contributed by atoms with Gasteiger partial charge in [0.1, 0.15) is 17.7 Å². The Morgan fingerprint density at radius 3 is 2.27 bits per heavy atom. The van der Waals surface area contributed by atoms with Crippen molar-refractivity contribution < 1.29 is 38.6 Å². The third-order valence-electron chi connectivity index (χ3n) is 9.18. The van der Waals surface area contributed by atoms with Gasteiger partial charge in [0.2, 0.25) is 23.6 Å². The van der Waals surface area contributed by atoms with Gasteiger partial charge in [-0.15, -0.1) is 11.3 Å². The quantitative estimate of drug-likeness (QED) is 0.118. The number of unbranched alkanes of at least 4 members (excludes halogenated alkanes) is 4. The molecule has 1 aromatic heterocycles. The van der Waals surface area contributed by atoms with Crippen molar-refractivity contribution in [2.24, 2.45) is 11.1 Å². The lowest BCUT2D eigenvalue weighted by molar-refractivity contribution is -0.144. The van der Waals surface area contributed by atoms with E-state index in [-0.39, 0.29) is 56.7 Å². The second-order valence-electron chi connectivity index (χ2n) is 16.4. The number of aryl methyl sites for hydroxylation is 1. The molecule has 1 saturated heterocycles. The number of nitrogens with zero attached hydrogens (tertiary/aromatic N) is 2. The van der Waals surface area contributed by atoms with Crippen molar-refractivity contribution in [1.82, 2.24) is 25.8 Å². The maximum absolute atomic E-state index is 13.9. The van der Waals surface area contributed by atoms with Gasteiger partial charge in [-0.05, 0) is 63.5 Å². The summed E-state index contributed by atoms with van der Waals surface area (Å²) in [6, 6.07) is 5.75. The number of thiazole rings is 1. The summed E-state index contributed by atoms with van der Waals surface area (Å²) < 4.78 is 11.1. The smallest absolute Gasteiger partial charge is 0.407 e. The second kappa shape index (κ2) is 21.3. The molecule has 15 heteroatoms. The fourth-order valence-electron chi connectivity index (χ4n) is 6.25. The van der Waals surface area contributed by atoms with Crippen LogP contribution in [0.15, 0.2) is 29.8 Å². The van der Waals surface area contributed by atoms with Crippen LogP contribution >= 0.6 is 11.3 Å². The van der Waals surface area contributed by atoms with Crippen LogP contribution in [0.1, 0.15) is 111 Å². The number of rotatable bonds is 20. The number of aliphatic hydroxyl groups is 1. The Morgan fingerprint density at radius 2 is 1.65 bits per heavy atom. The van der Waals surface area contributed by atoms with Crippen LogP contribution in [0.4, 0.5) is 4.79 Å². The summed E-state index contributed by atoms with van der Waals surface area (Å²) >= 11 is 1.57. The molecule has 1 aromatic carbocycles. The Labute approximate surface area is 329 Å². The van der Waals surface area contributed by atoms with Gasteiger partial charge in [0, 0.05) is 39.0 Å². The van der Waals surface area contributed by atoms with Gasteiger partial charge in [-0.25, -0.2) is 9.78 Å². The van der Waals surface area contributed by atoms with Gasteiger partial charge < -0.3 is 41.2 Å². The Morgan fingerprint density at radius 1 is 0.982 bits per heavy atom. The molecule has 6 N–H and O–H groups in total. The van der Waals surface area contributed by atoms with E-state index in [1.807, 2.05) is 57.5 Å². The molecule has 0 unspecified atom stereocenters. The number of carbonyl (C=O) groups is 5. The van der Waals surface area contributed by atoms with Crippen molar-refractivity contribution in [2.75, 3.05) is 19.8 Å². The summed E-state index contributed by atoms with van der Waals surface area (Å²) in [5, 5.41) is 19.1. The molecular weight excluding hydrogens is 725 g/mol. The van der Waals surface area contributed by atoms with Gasteiger partial charge in [-0.2, -0.15) is 0 Å². The van der Waals surface area contributed by atoms with Crippen LogP contribution < -0.4 is 21.7 Å². The van der Waals surface area contributed by atoms with Gasteiger partial charge in [0.15, 0.2) is 0 Å². The molecule has 14 nitrogen and oxygen atoms in total. The monoisotopic (exact) mass is 786 g/mol. The standard InChI is InChI=1S/C40H62N6O8S/c1-26-34(55-25-43-26)28-16-14-27(15-17-28)22-42-36(50)31-21-30(47)23-46(31)37(51)35(39(2,3)4)45-33(49)13-11-9-8-10-12-20-53-24-29(18-19-32(41)48)44-38(52)54-40(5,6)7/h14-17,25,29-31,35,47H,8-13,18-24H2,1-7H3,(H2,41,48)(H,42,50)(H,44,52)(H,45,49)/t29-,30+,31-,35+/m0/s1. The van der Waals surface area contributed by atoms with Gasteiger partial charge in [-0.3, -0.25) is 19.2 Å². The minimum absolute atomic E-state index is 0.0142. The summed E-state index contributed by atoms with van der Waals surface area (Å²) in [6.45, 7) is 13.9. The Bertz CT molecular complexity index is 1570. The number of benzene rings is 1. The van der Waals surface area contributed by atoms with E-state index >= 15 is 0 Å². The van der Waals surface area contributed by atoms with Crippen LogP contribution in [0.2, 0.25) is 0 Å². The number of alkyl carbamates (subject to hydrolysis) is 1. The van der Waals surface area contributed by atoms with E-state index in [1.54, 1.807) is 32.1 Å². The molecule has 1 fully saturated rings. The van der Waals surface area contributed by atoms with Crippen molar-refractivity contribution in [2.45, 2.75) is 143 Å². The molecule has 0 saturated carbocycles. The predicted octanol–water partition coefficient (Wildman–Crippen LogP) is 4.74. The van der Waals surface area contributed by atoms with E-state index in [2.05, 4.69) is 20.9 Å². The van der Waals surface area contributed by atoms with E-state index in [0.717, 1.165) is 47.4 Å². The fraction of sp³-hybridized carbons (Fsp3) is 0.650. The maximum atomic E-state index is 13.9. The summed E-state index contributed by atoms with van der Waals surface area (Å²) in [7, 11) is 0. The topological polar surface area (TPSA) is 202 Å². The minimum Gasteiger partial charge on any atom is -0.444 e. The van der Waals surface area contributed by atoms with Gasteiger partial charge in [0.05, 0.1) is 34.8 Å². The van der Waals surface area contributed by atoms with Crippen LogP contribution in [-0.2, 0) is 35.2 Å². The lowest BCUT2D eigenvalue weighted by Gasteiger charge is -2.35. The Kier molecular flexibility index (Phi) is 17.5. The van der Waals surface area contributed by atoms with Crippen LogP contribution in [0.3, 0.4) is 0 Å². The number of β-amino-alcohol motifs (C(OH)–C–C–N with tert-alkyl or cyclic N) is 1. The largest absolute Gasteiger partial charge is 0.444 e. The van der Waals surface area contributed by atoms with Crippen molar-refractivity contribution in [3.8, 4) is 10.4 Å². The van der Waals surface area contributed by atoms with Crippen molar-refractivity contribution >= 4 is 41.1 Å². The molecule has 0 bridgehead atoms. The number of carbonyl (C=O) groups excluding carboxylic acids is 5. The first-order valence-electron chi connectivity index (χ1n) is 19.2. The van der Waals surface area contributed by atoms with E-state index in [1.165, 1.54) is 4.90 Å². The molecule has 4 atom stereocenters. The average Bonchev–Trinajstić information content (AvgIpc) is 3.71. The van der Waals surface area contributed by atoms with Gasteiger partial charge in [0.25, 0.3) is 0 Å². The minimum atomic E-state index is -0.878. The van der Waals surface area contributed by atoms with E-state index in [9.17, 15) is 29.1 Å². The van der Waals surface area contributed by atoms with E-state index in [4.69, 9.17) is 15.2 Å². The lowest BCUT2D eigenvalue weighted by atomic mass is 9.85. The number of ether oxygens (including phenoxy) is 2. The van der Waals surface area contributed by atoms with Gasteiger partial charge in [-0.1, -0.05) is 64.3 Å². The van der Waals surface area contributed by atoms with Crippen molar-refractivity contribution in [3.05, 3.63) is 41.0 Å². The molecule has 3 rings (SSSR count). The number of hydrogen-bond acceptors (Lipinski definition) is 10. The highest BCUT2D eigenvalue weighted by atomic mass is 32.1. The molecule has 5 amide bonds. The van der Waals surface area contributed by atoms with Crippen LogP contribution in [0.25, 0.3) is 10.4 Å². The number of aliphatic hydroxyl groups excluding tert-OH is 1. The van der Waals surface area contributed by atoms with Crippen LogP contribution in [0, 0.1) is 12.3 Å².